The molecule has 0 aliphatic heterocycles. The molecule has 21 heavy (non-hydrogen) atoms. The molecule has 0 radical (unpaired) electrons. The normalized spacial score (nSPS) is 12.7. The van der Waals surface area contributed by atoms with Crippen molar-refractivity contribution in [3.05, 3.63) is 23.7 Å². The molecule has 1 unspecified atom stereocenters. The second-order valence-electron chi connectivity index (χ2n) is 4.16. The van der Waals surface area contributed by atoms with Crippen molar-refractivity contribution < 1.29 is 28.5 Å². The van der Waals surface area contributed by atoms with Gasteiger partial charge in [0.15, 0.2) is 6.10 Å². The molecule has 0 bridgehead atoms. The minimum Gasteiger partial charge on any atom is -0.456 e. The standard InChI is InChI=1S/C14H21NO6/c1-11(18-2)14(17)20-10-13-4-3-12(21-13)9-15-5-7-19-8-6-16/h3-4,9,11,16H,5-8,10H2,1-2H3/b15-9+. The van der Waals surface area contributed by atoms with Gasteiger partial charge in [0.2, 0.25) is 0 Å². The van der Waals surface area contributed by atoms with Gasteiger partial charge < -0.3 is 23.7 Å². The molecule has 1 aromatic rings. The Hall–Kier alpha value is -1.70. The van der Waals surface area contributed by atoms with E-state index in [4.69, 9.17) is 23.7 Å². The van der Waals surface area contributed by atoms with Crippen molar-refractivity contribution in [3.63, 3.8) is 0 Å². The van der Waals surface area contributed by atoms with Crippen LogP contribution in [-0.2, 0) is 25.6 Å². The van der Waals surface area contributed by atoms with Gasteiger partial charge in [0.25, 0.3) is 0 Å². The fraction of sp³-hybridized carbons (Fsp3) is 0.571. The summed E-state index contributed by atoms with van der Waals surface area (Å²) in [5, 5.41) is 8.52. The van der Waals surface area contributed by atoms with Gasteiger partial charge in [-0.15, -0.1) is 0 Å². The van der Waals surface area contributed by atoms with E-state index < -0.39 is 12.1 Å². The predicted octanol–water partition coefficient (Wildman–Crippen LogP) is 0.786. The Kier molecular flexibility index (Phi) is 8.34. The minimum absolute atomic E-state index is 0.00562. The van der Waals surface area contributed by atoms with Gasteiger partial charge in [-0.1, -0.05) is 0 Å². The summed E-state index contributed by atoms with van der Waals surface area (Å²) >= 11 is 0. The number of aliphatic hydroxyl groups is 1. The monoisotopic (exact) mass is 299 g/mol. The zero-order chi connectivity index (χ0) is 15.5. The topological polar surface area (TPSA) is 90.5 Å². The van der Waals surface area contributed by atoms with Crippen molar-refractivity contribution in [1.29, 1.82) is 0 Å². The number of methoxy groups -OCH3 is 1. The summed E-state index contributed by atoms with van der Waals surface area (Å²) in [6.45, 7) is 2.91. The first kappa shape index (κ1) is 17.4. The lowest BCUT2D eigenvalue weighted by Crippen LogP contribution is -2.21. The van der Waals surface area contributed by atoms with Crippen molar-refractivity contribution >= 4 is 12.2 Å². The molecule has 0 aliphatic carbocycles. The number of carbonyl (C=O) groups excluding carboxylic acids is 1. The second-order valence-corrected chi connectivity index (χ2v) is 4.16. The van der Waals surface area contributed by atoms with Crippen molar-refractivity contribution in [2.75, 3.05) is 33.5 Å². The average molecular weight is 299 g/mol. The summed E-state index contributed by atoms with van der Waals surface area (Å²) in [4.78, 5) is 15.5. The molecule has 0 aliphatic rings. The third-order valence-corrected chi connectivity index (χ3v) is 2.54. The van der Waals surface area contributed by atoms with Gasteiger partial charge in [0.05, 0.1) is 32.6 Å². The van der Waals surface area contributed by atoms with Crippen molar-refractivity contribution in [3.8, 4) is 0 Å². The number of aliphatic hydroxyl groups excluding tert-OH is 1. The predicted molar refractivity (Wildman–Crippen MR) is 75.3 cm³/mol. The maximum Gasteiger partial charge on any atom is 0.335 e. The average Bonchev–Trinajstić information content (AvgIpc) is 2.95. The fourth-order valence-electron chi connectivity index (χ4n) is 1.34. The second kappa shape index (κ2) is 10.1. The Bertz CT molecular complexity index is 442. The van der Waals surface area contributed by atoms with Crippen LogP contribution in [0.4, 0.5) is 0 Å². The number of aliphatic imine (C=N–C) groups is 1. The summed E-state index contributed by atoms with van der Waals surface area (Å²) in [6, 6.07) is 3.45. The molecule has 0 saturated carbocycles. The quantitative estimate of drug-likeness (QED) is 0.390. The Labute approximate surface area is 123 Å². The van der Waals surface area contributed by atoms with E-state index in [9.17, 15) is 4.79 Å². The van der Waals surface area contributed by atoms with Crippen LogP contribution in [0.25, 0.3) is 0 Å². The van der Waals surface area contributed by atoms with Crippen LogP contribution in [0.2, 0.25) is 0 Å². The highest BCUT2D eigenvalue weighted by molar-refractivity contribution is 5.76. The molecule has 1 aromatic heterocycles. The molecule has 7 nitrogen and oxygen atoms in total. The number of furan rings is 1. The van der Waals surface area contributed by atoms with Crippen LogP contribution in [-0.4, -0.2) is 56.9 Å². The third kappa shape index (κ3) is 7.03. The number of hydrogen-bond acceptors (Lipinski definition) is 7. The van der Waals surface area contributed by atoms with E-state index in [1.54, 1.807) is 25.3 Å². The van der Waals surface area contributed by atoms with E-state index in [2.05, 4.69) is 4.99 Å². The van der Waals surface area contributed by atoms with Gasteiger partial charge in [0, 0.05) is 7.11 Å². The van der Waals surface area contributed by atoms with E-state index in [0.717, 1.165) is 0 Å². The van der Waals surface area contributed by atoms with Gasteiger partial charge in [-0.2, -0.15) is 0 Å². The highest BCUT2D eigenvalue weighted by Crippen LogP contribution is 2.08. The number of ether oxygens (including phenoxy) is 3. The molecule has 1 N–H and O–H groups in total. The Morgan fingerprint density at radius 3 is 3.00 bits per heavy atom. The molecule has 7 heteroatoms. The number of hydrogen-bond donors (Lipinski definition) is 1. The molecule has 0 amide bonds. The van der Waals surface area contributed by atoms with Crippen LogP contribution in [0.1, 0.15) is 18.4 Å². The SMILES string of the molecule is COC(C)C(=O)OCc1ccc(/C=N/CCOCCO)o1. The van der Waals surface area contributed by atoms with Crippen LogP contribution in [0.3, 0.4) is 0 Å². The summed E-state index contributed by atoms with van der Waals surface area (Å²) in [7, 11) is 1.44. The highest BCUT2D eigenvalue weighted by Gasteiger charge is 2.13. The van der Waals surface area contributed by atoms with E-state index in [-0.39, 0.29) is 13.2 Å². The smallest absolute Gasteiger partial charge is 0.335 e. The number of esters is 1. The van der Waals surface area contributed by atoms with Crippen molar-refractivity contribution in [2.45, 2.75) is 19.6 Å². The molecule has 1 rings (SSSR count). The van der Waals surface area contributed by atoms with Gasteiger partial charge in [0.1, 0.15) is 18.1 Å². The first-order valence-electron chi connectivity index (χ1n) is 6.64. The highest BCUT2D eigenvalue weighted by atomic mass is 16.6. The zero-order valence-corrected chi connectivity index (χ0v) is 12.3. The molecule has 0 fully saturated rings. The summed E-state index contributed by atoms with van der Waals surface area (Å²) in [5.41, 5.74) is 0. The molecule has 1 heterocycles. The number of nitrogens with zero attached hydrogens (tertiary/aromatic N) is 1. The van der Waals surface area contributed by atoms with Gasteiger partial charge in [-0.3, -0.25) is 4.99 Å². The lowest BCUT2D eigenvalue weighted by atomic mass is 10.4. The number of rotatable bonds is 10. The van der Waals surface area contributed by atoms with Crippen LogP contribution >= 0.6 is 0 Å². The number of carbonyl (C=O) groups is 1. The molecule has 0 spiro atoms. The molecule has 0 aromatic carbocycles. The van der Waals surface area contributed by atoms with Gasteiger partial charge in [-0.25, -0.2) is 4.79 Å². The third-order valence-electron chi connectivity index (χ3n) is 2.54. The molecular formula is C14H21NO6. The fourth-order valence-corrected chi connectivity index (χ4v) is 1.34. The minimum atomic E-state index is -0.597. The van der Waals surface area contributed by atoms with E-state index in [0.29, 0.717) is 31.3 Å². The first-order valence-corrected chi connectivity index (χ1v) is 6.64. The molecule has 0 saturated heterocycles. The van der Waals surface area contributed by atoms with Crippen LogP contribution in [0.5, 0.6) is 0 Å². The maximum absolute atomic E-state index is 11.4. The van der Waals surface area contributed by atoms with Crippen molar-refractivity contribution in [1.82, 2.24) is 0 Å². The largest absolute Gasteiger partial charge is 0.456 e. The Balaban J connectivity index is 2.29. The lowest BCUT2D eigenvalue weighted by molar-refractivity contribution is -0.156. The first-order chi connectivity index (χ1) is 10.2. The maximum atomic E-state index is 11.4. The lowest BCUT2D eigenvalue weighted by Gasteiger charge is -2.07. The summed E-state index contributed by atoms with van der Waals surface area (Å²) in [6.07, 6.45) is 0.978. The van der Waals surface area contributed by atoms with E-state index in [1.807, 2.05) is 0 Å². The van der Waals surface area contributed by atoms with Gasteiger partial charge in [-0.05, 0) is 19.1 Å². The Morgan fingerprint density at radius 1 is 1.48 bits per heavy atom. The van der Waals surface area contributed by atoms with Crippen molar-refractivity contribution in [2.24, 2.45) is 4.99 Å². The van der Waals surface area contributed by atoms with Crippen LogP contribution in [0.15, 0.2) is 21.5 Å². The molecule has 118 valence electrons. The van der Waals surface area contributed by atoms with E-state index >= 15 is 0 Å². The molecular weight excluding hydrogens is 278 g/mol. The zero-order valence-electron chi connectivity index (χ0n) is 12.3. The van der Waals surface area contributed by atoms with E-state index in [1.165, 1.54) is 7.11 Å². The summed E-state index contributed by atoms with van der Waals surface area (Å²) < 4.78 is 20.4. The Morgan fingerprint density at radius 2 is 2.29 bits per heavy atom. The van der Waals surface area contributed by atoms with Crippen LogP contribution < -0.4 is 0 Å². The summed E-state index contributed by atoms with van der Waals surface area (Å²) in [5.74, 6) is 0.665. The van der Waals surface area contributed by atoms with Gasteiger partial charge >= 0.3 is 5.97 Å². The van der Waals surface area contributed by atoms with Crippen LogP contribution in [0, 0.1) is 0 Å². The molecule has 1 atom stereocenters.